The Bertz CT molecular complexity index is 438. The molecule has 0 spiro atoms. The zero-order chi connectivity index (χ0) is 14.5. The van der Waals surface area contributed by atoms with Crippen molar-refractivity contribution in [3.63, 3.8) is 0 Å². The van der Waals surface area contributed by atoms with Crippen LogP contribution in [0.4, 0.5) is 4.39 Å². The second kappa shape index (κ2) is 7.50. The summed E-state index contributed by atoms with van der Waals surface area (Å²) in [7, 11) is 2.01. The molecule has 0 saturated carbocycles. The molecule has 0 aromatic heterocycles. The molecule has 0 amide bonds. The minimum Gasteiger partial charge on any atom is -0.381 e. The van der Waals surface area contributed by atoms with Crippen molar-refractivity contribution < 1.29 is 9.13 Å². The van der Waals surface area contributed by atoms with Crippen LogP contribution in [-0.4, -0.2) is 38.3 Å². The second-order valence-electron chi connectivity index (χ2n) is 5.44. The van der Waals surface area contributed by atoms with Crippen molar-refractivity contribution in [3.8, 4) is 0 Å². The van der Waals surface area contributed by atoms with Gasteiger partial charge in [-0.1, -0.05) is 22.0 Å². The number of halogens is 2. The zero-order valence-electron chi connectivity index (χ0n) is 11.8. The standard InChI is InChI=1S/C15H22BrFN2O/c1-19(9-11-3-2-6-20-10-11)15(8-18)13-5-4-12(16)7-14(13)17/h4-5,7,11,15H,2-3,6,8-10,18H2,1H3. The van der Waals surface area contributed by atoms with E-state index in [1.54, 1.807) is 0 Å². The first-order valence-corrected chi connectivity index (χ1v) is 7.84. The van der Waals surface area contributed by atoms with Gasteiger partial charge in [0.1, 0.15) is 5.82 Å². The molecule has 0 bridgehead atoms. The van der Waals surface area contributed by atoms with Gasteiger partial charge in [0.15, 0.2) is 0 Å². The summed E-state index contributed by atoms with van der Waals surface area (Å²) in [6.45, 7) is 2.95. The zero-order valence-corrected chi connectivity index (χ0v) is 13.4. The molecule has 20 heavy (non-hydrogen) atoms. The average molecular weight is 345 g/mol. The van der Waals surface area contributed by atoms with Gasteiger partial charge in [-0.3, -0.25) is 4.90 Å². The third-order valence-electron chi connectivity index (χ3n) is 3.88. The molecule has 3 nitrogen and oxygen atoms in total. The molecule has 1 aromatic rings. The van der Waals surface area contributed by atoms with Crippen LogP contribution in [0.3, 0.4) is 0 Å². The van der Waals surface area contributed by atoms with E-state index in [1.807, 2.05) is 19.2 Å². The van der Waals surface area contributed by atoms with Gasteiger partial charge in [-0.15, -0.1) is 0 Å². The quantitative estimate of drug-likeness (QED) is 0.892. The maximum Gasteiger partial charge on any atom is 0.129 e. The predicted molar refractivity (Wildman–Crippen MR) is 82.1 cm³/mol. The van der Waals surface area contributed by atoms with Crippen LogP contribution in [0.5, 0.6) is 0 Å². The molecule has 5 heteroatoms. The molecule has 112 valence electrons. The van der Waals surface area contributed by atoms with Gasteiger partial charge in [0.05, 0.1) is 6.61 Å². The fourth-order valence-corrected chi connectivity index (χ4v) is 3.14. The molecular weight excluding hydrogens is 323 g/mol. The van der Waals surface area contributed by atoms with Crippen LogP contribution in [0.15, 0.2) is 22.7 Å². The summed E-state index contributed by atoms with van der Waals surface area (Å²) >= 11 is 3.28. The normalized spacial score (nSPS) is 21.1. The molecule has 2 atom stereocenters. The molecule has 1 saturated heterocycles. The first-order valence-electron chi connectivity index (χ1n) is 7.04. The summed E-state index contributed by atoms with van der Waals surface area (Å²) in [5, 5.41) is 0. The van der Waals surface area contributed by atoms with Gasteiger partial charge in [-0.2, -0.15) is 0 Å². The van der Waals surface area contributed by atoms with Crippen molar-refractivity contribution >= 4 is 15.9 Å². The Balaban J connectivity index is 2.06. The van der Waals surface area contributed by atoms with Gasteiger partial charge >= 0.3 is 0 Å². The topological polar surface area (TPSA) is 38.5 Å². The smallest absolute Gasteiger partial charge is 0.129 e. The number of hydrogen-bond donors (Lipinski definition) is 1. The highest BCUT2D eigenvalue weighted by Gasteiger charge is 2.23. The van der Waals surface area contributed by atoms with E-state index in [2.05, 4.69) is 20.8 Å². The van der Waals surface area contributed by atoms with E-state index < -0.39 is 0 Å². The predicted octanol–water partition coefficient (Wildman–Crippen LogP) is 2.95. The van der Waals surface area contributed by atoms with Crippen LogP contribution in [0.25, 0.3) is 0 Å². The highest BCUT2D eigenvalue weighted by molar-refractivity contribution is 9.10. The van der Waals surface area contributed by atoms with E-state index in [4.69, 9.17) is 10.5 Å². The summed E-state index contributed by atoms with van der Waals surface area (Å²) in [6, 6.07) is 5.07. The summed E-state index contributed by atoms with van der Waals surface area (Å²) in [4.78, 5) is 2.14. The van der Waals surface area contributed by atoms with Crippen molar-refractivity contribution in [3.05, 3.63) is 34.1 Å². The molecule has 2 rings (SSSR count). The molecule has 1 aromatic carbocycles. The minimum atomic E-state index is -0.207. The minimum absolute atomic E-state index is 0.0926. The van der Waals surface area contributed by atoms with Crippen LogP contribution in [-0.2, 0) is 4.74 Å². The lowest BCUT2D eigenvalue weighted by atomic mass is 9.99. The highest BCUT2D eigenvalue weighted by atomic mass is 79.9. The van der Waals surface area contributed by atoms with Crippen molar-refractivity contribution in [2.45, 2.75) is 18.9 Å². The number of nitrogens with zero attached hydrogens (tertiary/aromatic N) is 1. The fraction of sp³-hybridized carbons (Fsp3) is 0.600. The van der Waals surface area contributed by atoms with Gasteiger partial charge in [0, 0.05) is 35.8 Å². The number of ether oxygens (including phenoxy) is 1. The summed E-state index contributed by atoms with van der Waals surface area (Å²) < 4.78 is 20.3. The van der Waals surface area contributed by atoms with Crippen molar-refractivity contribution in [1.29, 1.82) is 0 Å². The third-order valence-corrected chi connectivity index (χ3v) is 4.37. The highest BCUT2D eigenvalue weighted by Crippen LogP contribution is 2.26. The Kier molecular flexibility index (Phi) is 5.96. The molecule has 2 unspecified atom stereocenters. The number of benzene rings is 1. The van der Waals surface area contributed by atoms with Crippen LogP contribution in [0.2, 0.25) is 0 Å². The Hall–Kier alpha value is -0.490. The first kappa shape index (κ1) is 15.9. The van der Waals surface area contributed by atoms with E-state index >= 15 is 0 Å². The van der Waals surface area contributed by atoms with Crippen LogP contribution >= 0.6 is 15.9 Å². The summed E-state index contributed by atoms with van der Waals surface area (Å²) in [5.41, 5.74) is 6.53. The third kappa shape index (κ3) is 4.01. The lowest BCUT2D eigenvalue weighted by molar-refractivity contribution is 0.0363. The van der Waals surface area contributed by atoms with E-state index in [1.165, 1.54) is 12.5 Å². The largest absolute Gasteiger partial charge is 0.381 e. The lowest BCUT2D eigenvalue weighted by Crippen LogP contribution is -2.37. The number of likely N-dealkylation sites (N-methyl/N-ethyl adjacent to an activating group) is 1. The summed E-state index contributed by atoms with van der Waals surface area (Å²) in [6.07, 6.45) is 2.28. The Morgan fingerprint density at radius 3 is 2.95 bits per heavy atom. The van der Waals surface area contributed by atoms with Gasteiger partial charge in [-0.25, -0.2) is 4.39 Å². The molecule has 0 radical (unpaired) electrons. The van der Waals surface area contributed by atoms with Crippen molar-refractivity contribution in [2.75, 3.05) is 33.4 Å². The maximum atomic E-state index is 14.1. The first-order chi connectivity index (χ1) is 9.61. The molecule has 1 aliphatic heterocycles. The summed E-state index contributed by atoms with van der Waals surface area (Å²) in [5.74, 6) is 0.308. The van der Waals surface area contributed by atoms with E-state index in [9.17, 15) is 4.39 Å². The van der Waals surface area contributed by atoms with Crippen molar-refractivity contribution in [1.82, 2.24) is 4.90 Å². The molecule has 2 N–H and O–H groups in total. The van der Waals surface area contributed by atoms with Crippen molar-refractivity contribution in [2.24, 2.45) is 11.7 Å². The average Bonchev–Trinajstić information content (AvgIpc) is 2.43. The van der Waals surface area contributed by atoms with E-state index in [0.717, 1.165) is 30.7 Å². The maximum absolute atomic E-state index is 14.1. The molecule has 1 heterocycles. The van der Waals surface area contributed by atoms with Crippen LogP contribution < -0.4 is 5.73 Å². The Morgan fingerprint density at radius 1 is 1.55 bits per heavy atom. The molecule has 0 aliphatic carbocycles. The number of nitrogens with two attached hydrogens (primary N) is 1. The Morgan fingerprint density at radius 2 is 2.35 bits per heavy atom. The SMILES string of the molecule is CN(CC1CCCOC1)C(CN)c1ccc(Br)cc1F. The van der Waals surface area contributed by atoms with Gasteiger partial charge in [-0.05, 0) is 37.9 Å². The van der Waals surface area contributed by atoms with Gasteiger partial charge in [0.25, 0.3) is 0 Å². The van der Waals surface area contributed by atoms with Crippen LogP contribution in [0.1, 0.15) is 24.4 Å². The van der Waals surface area contributed by atoms with E-state index in [0.29, 0.717) is 18.0 Å². The van der Waals surface area contributed by atoms with Gasteiger partial charge < -0.3 is 10.5 Å². The Labute approximate surface area is 128 Å². The second-order valence-corrected chi connectivity index (χ2v) is 6.36. The fourth-order valence-electron chi connectivity index (χ4n) is 2.80. The lowest BCUT2D eigenvalue weighted by Gasteiger charge is -2.32. The molecule has 1 fully saturated rings. The molecular formula is C15H22BrFN2O. The van der Waals surface area contributed by atoms with Gasteiger partial charge in [0.2, 0.25) is 0 Å². The van der Waals surface area contributed by atoms with E-state index in [-0.39, 0.29) is 11.9 Å². The molecule has 1 aliphatic rings. The number of rotatable bonds is 5. The van der Waals surface area contributed by atoms with Crippen LogP contribution in [0, 0.1) is 11.7 Å². The number of hydrogen-bond acceptors (Lipinski definition) is 3. The monoisotopic (exact) mass is 344 g/mol.